The van der Waals surface area contributed by atoms with Crippen LogP contribution in [0.3, 0.4) is 0 Å². The number of aliphatic hydroxyl groups excluding tert-OH is 2. The highest BCUT2D eigenvalue weighted by molar-refractivity contribution is 5.44. The zero-order chi connectivity index (χ0) is 22.2. The van der Waals surface area contributed by atoms with Crippen molar-refractivity contribution in [3.63, 3.8) is 0 Å². The highest BCUT2D eigenvalue weighted by Crippen LogP contribution is 2.32. The van der Waals surface area contributed by atoms with Gasteiger partial charge in [-0.25, -0.2) is 0 Å². The standard InChI is InChI=1S/C26H36O5/c1-4-24(31-23(17-27)13-18(3)28)21-9-11-26(29-5-2)22(16-21)15-19-8-10-25-20(14-19)7-6-12-30-25/h8-11,14,16,18,23-24,27-28H,4-7,12-13,15,17H2,1-3H3. The Bertz CT molecular complexity index is 833. The van der Waals surface area contributed by atoms with Crippen molar-refractivity contribution in [2.45, 2.75) is 71.2 Å². The SMILES string of the molecule is CCOc1ccc(C(CC)OC(CO)CC(C)O)cc1Cc1ccc2c(c1)CCCO2. The first-order valence-corrected chi connectivity index (χ1v) is 11.5. The van der Waals surface area contributed by atoms with Gasteiger partial charge in [0.15, 0.2) is 0 Å². The van der Waals surface area contributed by atoms with E-state index in [1.165, 1.54) is 11.1 Å². The van der Waals surface area contributed by atoms with E-state index in [2.05, 4.69) is 31.2 Å². The molecule has 0 saturated carbocycles. The van der Waals surface area contributed by atoms with E-state index in [0.29, 0.717) is 13.0 Å². The average Bonchev–Trinajstić information content (AvgIpc) is 2.77. The minimum Gasteiger partial charge on any atom is -0.494 e. The minimum absolute atomic E-state index is 0.109. The van der Waals surface area contributed by atoms with E-state index in [0.717, 1.165) is 54.9 Å². The summed E-state index contributed by atoms with van der Waals surface area (Å²) in [4.78, 5) is 0. The number of aliphatic hydroxyl groups is 2. The summed E-state index contributed by atoms with van der Waals surface area (Å²) < 4.78 is 17.8. The Kier molecular flexibility index (Phi) is 8.76. The molecule has 0 radical (unpaired) electrons. The van der Waals surface area contributed by atoms with Crippen LogP contribution in [-0.2, 0) is 17.6 Å². The molecule has 1 heterocycles. The topological polar surface area (TPSA) is 68.2 Å². The van der Waals surface area contributed by atoms with E-state index >= 15 is 0 Å². The minimum atomic E-state index is -0.515. The van der Waals surface area contributed by atoms with Crippen molar-refractivity contribution in [2.75, 3.05) is 19.8 Å². The maximum absolute atomic E-state index is 9.68. The summed E-state index contributed by atoms with van der Waals surface area (Å²) in [6.07, 6.45) is 3.02. The lowest BCUT2D eigenvalue weighted by Gasteiger charge is -2.25. The van der Waals surface area contributed by atoms with Crippen molar-refractivity contribution >= 4 is 0 Å². The first-order chi connectivity index (χ1) is 15.0. The average molecular weight is 429 g/mol. The van der Waals surface area contributed by atoms with Gasteiger partial charge in [-0.2, -0.15) is 0 Å². The van der Waals surface area contributed by atoms with Crippen molar-refractivity contribution in [1.29, 1.82) is 0 Å². The number of aryl methyl sites for hydroxylation is 1. The number of rotatable bonds is 11. The largest absolute Gasteiger partial charge is 0.494 e. The van der Waals surface area contributed by atoms with Gasteiger partial charge in [0.1, 0.15) is 11.5 Å². The fourth-order valence-corrected chi connectivity index (χ4v) is 4.17. The molecule has 0 aliphatic carbocycles. The number of ether oxygens (including phenoxy) is 3. The van der Waals surface area contributed by atoms with Crippen LogP contribution in [0.15, 0.2) is 36.4 Å². The molecule has 1 aliphatic rings. The van der Waals surface area contributed by atoms with E-state index in [-0.39, 0.29) is 18.8 Å². The molecule has 1 aliphatic heterocycles. The Balaban J connectivity index is 1.84. The molecule has 2 N–H and O–H groups in total. The Morgan fingerprint density at radius 3 is 2.68 bits per heavy atom. The molecular weight excluding hydrogens is 392 g/mol. The van der Waals surface area contributed by atoms with Gasteiger partial charge >= 0.3 is 0 Å². The molecule has 0 bridgehead atoms. The number of hydrogen-bond donors (Lipinski definition) is 2. The second kappa shape index (κ2) is 11.5. The predicted octanol–water partition coefficient (Wildman–Crippen LogP) is 4.60. The first-order valence-electron chi connectivity index (χ1n) is 11.5. The zero-order valence-electron chi connectivity index (χ0n) is 19.0. The Morgan fingerprint density at radius 2 is 1.97 bits per heavy atom. The van der Waals surface area contributed by atoms with Crippen LogP contribution >= 0.6 is 0 Å². The van der Waals surface area contributed by atoms with E-state index in [1.54, 1.807) is 6.92 Å². The van der Waals surface area contributed by atoms with Crippen LogP contribution in [-0.4, -0.2) is 42.2 Å². The number of hydrogen-bond acceptors (Lipinski definition) is 5. The van der Waals surface area contributed by atoms with Gasteiger partial charge in [-0.15, -0.1) is 0 Å². The summed E-state index contributed by atoms with van der Waals surface area (Å²) in [5, 5.41) is 19.3. The molecule has 2 aromatic rings. The molecule has 0 aromatic heterocycles. The Morgan fingerprint density at radius 1 is 1.13 bits per heavy atom. The lowest BCUT2D eigenvalue weighted by molar-refractivity contribution is -0.0606. The van der Waals surface area contributed by atoms with Gasteiger partial charge in [0.05, 0.1) is 38.1 Å². The third-order valence-electron chi connectivity index (χ3n) is 5.66. The van der Waals surface area contributed by atoms with Gasteiger partial charge in [0, 0.05) is 12.8 Å². The van der Waals surface area contributed by atoms with Crippen molar-refractivity contribution in [1.82, 2.24) is 0 Å². The third kappa shape index (κ3) is 6.45. The molecule has 170 valence electrons. The van der Waals surface area contributed by atoms with Crippen molar-refractivity contribution in [2.24, 2.45) is 0 Å². The van der Waals surface area contributed by atoms with Crippen LogP contribution in [0.5, 0.6) is 11.5 Å². The summed E-state index contributed by atoms with van der Waals surface area (Å²) >= 11 is 0. The van der Waals surface area contributed by atoms with E-state index in [1.807, 2.05) is 19.1 Å². The second-order valence-electron chi connectivity index (χ2n) is 8.29. The quantitative estimate of drug-likeness (QED) is 0.547. The molecular formula is C26H36O5. The van der Waals surface area contributed by atoms with E-state index in [9.17, 15) is 10.2 Å². The van der Waals surface area contributed by atoms with Gasteiger partial charge < -0.3 is 24.4 Å². The summed E-state index contributed by atoms with van der Waals surface area (Å²) in [5.74, 6) is 1.89. The van der Waals surface area contributed by atoms with Gasteiger partial charge in [-0.05, 0) is 73.6 Å². The molecule has 5 heteroatoms. The number of fused-ring (bicyclic) bond motifs is 1. The van der Waals surface area contributed by atoms with Crippen LogP contribution < -0.4 is 9.47 Å². The highest BCUT2D eigenvalue weighted by atomic mass is 16.5. The Labute approximate surface area is 186 Å². The number of benzene rings is 2. The Hall–Kier alpha value is -2.08. The molecule has 0 saturated heterocycles. The second-order valence-corrected chi connectivity index (χ2v) is 8.29. The van der Waals surface area contributed by atoms with Crippen LogP contribution in [0, 0.1) is 0 Å². The summed E-state index contributed by atoms with van der Waals surface area (Å²) in [5.41, 5.74) is 4.69. The highest BCUT2D eigenvalue weighted by Gasteiger charge is 2.20. The molecule has 3 atom stereocenters. The third-order valence-corrected chi connectivity index (χ3v) is 5.66. The van der Waals surface area contributed by atoms with Gasteiger partial charge in [0.2, 0.25) is 0 Å². The van der Waals surface area contributed by atoms with Crippen LogP contribution in [0.4, 0.5) is 0 Å². The fourth-order valence-electron chi connectivity index (χ4n) is 4.17. The lowest BCUT2D eigenvalue weighted by Crippen LogP contribution is -2.25. The van der Waals surface area contributed by atoms with Gasteiger partial charge in [-0.1, -0.05) is 25.1 Å². The van der Waals surface area contributed by atoms with E-state index in [4.69, 9.17) is 14.2 Å². The molecule has 2 aromatic carbocycles. The summed E-state index contributed by atoms with van der Waals surface area (Å²) in [7, 11) is 0. The molecule has 0 fully saturated rings. The summed E-state index contributed by atoms with van der Waals surface area (Å²) in [6, 6.07) is 12.7. The zero-order valence-corrected chi connectivity index (χ0v) is 19.0. The van der Waals surface area contributed by atoms with Crippen molar-refractivity contribution < 1.29 is 24.4 Å². The van der Waals surface area contributed by atoms with Crippen molar-refractivity contribution in [3.8, 4) is 11.5 Å². The monoisotopic (exact) mass is 428 g/mol. The molecule has 0 spiro atoms. The van der Waals surface area contributed by atoms with Crippen molar-refractivity contribution in [3.05, 3.63) is 58.7 Å². The lowest BCUT2D eigenvalue weighted by atomic mass is 9.96. The van der Waals surface area contributed by atoms with Gasteiger partial charge in [0.25, 0.3) is 0 Å². The summed E-state index contributed by atoms with van der Waals surface area (Å²) in [6.45, 7) is 7.08. The van der Waals surface area contributed by atoms with Crippen LogP contribution in [0.25, 0.3) is 0 Å². The molecule has 3 unspecified atom stereocenters. The molecule has 3 rings (SSSR count). The maximum Gasteiger partial charge on any atom is 0.122 e. The van der Waals surface area contributed by atoms with Crippen LogP contribution in [0.2, 0.25) is 0 Å². The van der Waals surface area contributed by atoms with E-state index < -0.39 is 6.10 Å². The predicted molar refractivity (Wildman–Crippen MR) is 122 cm³/mol. The van der Waals surface area contributed by atoms with Crippen LogP contribution in [0.1, 0.15) is 68.4 Å². The maximum atomic E-state index is 9.68. The fraction of sp³-hybridized carbons (Fsp3) is 0.538. The molecule has 5 nitrogen and oxygen atoms in total. The first kappa shape index (κ1) is 23.6. The normalized spacial score (nSPS) is 16.2. The van der Waals surface area contributed by atoms with Gasteiger partial charge in [-0.3, -0.25) is 0 Å². The molecule has 31 heavy (non-hydrogen) atoms. The molecule has 0 amide bonds. The smallest absolute Gasteiger partial charge is 0.122 e.